The fourth-order valence-electron chi connectivity index (χ4n) is 2.74. The molecule has 0 saturated carbocycles. The number of aliphatic imine (C=N–C) groups is 1. The molecule has 0 aromatic heterocycles. The van der Waals surface area contributed by atoms with Crippen LogP contribution in [0.5, 0.6) is 0 Å². The summed E-state index contributed by atoms with van der Waals surface area (Å²) in [6.45, 7) is 3.42. The lowest BCUT2D eigenvalue weighted by molar-refractivity contribution is -0.181. The van der Waals surface area contributed by atoms with Gasteiger partial charge in [0.05, 0.1) is 11.6 Å². The van der Waals surface area contributed by atoms with E-state index >= 15 is 0 Å². The van der Waals surface area contributed by atoms with Crippen molar-refractivity contribution in [3.8, 4) is 6.07 Å². The maximum atomic E-state index is 12.8. The molecule has 5 nitrogen and oxygen atoms in total. The number of nitrogens with one attached hydrogen (secondary N) is 1. The molecule has 0 amide bonds. The highest BCUT2D eigenvalue weighted by Crippen LogP contribution is 2.25. The lowest BCUT2D eigenvalue weighted by atomic mass is 10.1. The number of alkyl halides is 3. The first-order valence-corrected chi connectivity index (χ1v) is 8.10. The fourth-order valence-corrected chi connectivity index (χ4v) is 2.74. The van der Waals surface area contributed by atoms with Crippen molar-refractivity contribution in [1.29, 1.82) is 5.26 Å². The Hall–Kier alpha value is -2.27. The van der Waals surface area contributed by atoms with E-state index in [9.17, 15) is 13.2 Å². The maximum Gasteiger partial charge on any atom is 0.403 e. The predicted molar refractivity (Wildman–Crippen MR) is 90.0 cm³/mol. The highest BCUT2D eigenvalue weighted by atomic mass is 19.4. The molecule has 0 spiro atoms. The highest BCUT2D eigenvalue weighted by Gasteiger charge is 2.41. The van der Waals surface area contributed by atoms with Crippen LogP contribution in [0.2, 0.25) is 0 Å². The zero-order chi connectivity index (χ0) is 18.4. The molecule has 136 valence electrons. The molecule has 1 unspecified atom stereocenters. The fraction of sp³-hybridized carbons (Fsp3) is 0.529. The van der Waals surface area contributed by atoms with Crippen LogP contribution in [0.15, 0.2) is 29.3 Å². The lowest BCUT2D eigenvalue weighted by Crippen LogP contribution is -2.56. The van der Waals surface area contributed by atoms with Crippen molar-refractivity contribution in [1.82, 2.24) is 15.1 Å². The summed E-state index contributed by atoms with van der Waals surface area (Å²) in [5, 5.41) is 12.0. The summed E-state index contributed by atoms with van der Waals surface area (Å²) in [6.07, 6.45) is -4.20. The number of nitrogens with zero attached hydrogens (tertiary/aromatic N) is 4. The Bertz CT molecular complexity index is 625. The Morgan fingerprint density at radius 3 is 2.32 bits per heavy atom. The average Bonchev–Trinajstić information content (AvgIpc) is 2.62. The Morgan fingerprint density at radius 2 is 1.84 bits per heavy atom. The number of rotatable bonds is 3. The van der Waals surface area contributed by atoms with Gasteiger partial charge in [-0.1, -0.05) is 12.1 Å². The third-order valence-corrected chi connectivity index (χ3v) is 4.38. The van der Waals surface area contributed by atoms with Crippen molar-refractivity contribution in [3.63, 3.8) is 0 Å². The minimum absolute atomic E-state index is 0.345. The van der Waals surface area contributed by atoms with E-state index in [-0.39, 0.29) is 0 Å². The Kier molecular flexibility index (Phi) is 6.26. The van der Waals surface area contributed by atoms with Gasteiger partial charge in [-0.2, -0.15) is 18.4 Å². The molecule has 2 rings (SSSR count). The van der Waals surface area contributed by atoms with Gasteiger partial charge in [-0.3, -0.25) is 9.89 Å². The van der Waals surface area contributed by atoms with E-state index in [1.807, 2.05) is 17.0 Å². The molecule has 1 saturated heterocycles. The zero-order valence-electron chi connectivity index (χ0n) is 14.3. The molecule has 25 heavy (non-hydrogen) atoms. The Labute approximate surface area is 145 Å². The third-order valence-electron chi connectivity index (χ3n) is 4.38. The van der Waals surface area contributed by atoms with Gasteiger partial charge in [0.2, 0.25) is 0 Å². The quantitative estimate of drug-likeness (QED) is 0.669. The molecule has 1 aromatic carbocycles. The van der Waals surface area contributed by atoms with Gasteiger partial charge < -0.3 is 10.2 Å². The minimum Gasteiger partial charge on any atom is -0.352 e. The summed E-state index contributed by atoms with van der Waals surface area (Å²) in [6, 6.07) is 7.86. The first-order valence-electron chi connectivity index (χ1n) is 8.10. The summed E-state index contributed by atoms with van der Waals surface area (Å²) in [5.41, 5.74) is 1.60. The van der Waals surface area contributed by atoms with Crippen LogP contribution in [0.25, 0.3) is 0 Å². The molecule has 0 aliphatic carbocycles. The van der Waals surface area contributed by atoms with Gasteiger partial charge in [-0.15, -0.1) is 0 Å². The van der Waals surface area contributed by atoms with E-state index in [2.05, 4.69) is 16.4 Å². The number of nitriles is 1. The molecule has 1 atom stereocenters. The largest absolute Gasteiger partial charge is 0.403 e. The first-order chi connectivity index (χ1) is 11.8. The van der Waals surface area contributed by atoms with Gasteiger partial charge in [0.1, 0.15) is 6.04 Å². The van der Waals surface area contributed by atoms with Gasteiger partial charge in [-0.25, -0.2) is 0 Å². The van der Waals surface area contributed by atoms with E-state index in [4.69, 9.17) is 5.26 Å². The van der Waals surface area contributed by atoms with E-state index in [1.54, 1.807) is 19.2 Å². The van der Waals surface area contributed by atoms with Crippen molar-refractivity contribution < 1.29 is 13.2 Å². The predicted octanol–water partition coefficient (Wildman–Crippen LogP) is 2.20. The summed E-state index contributed by atoms with van der Waals surface area (Å²) >= 11 is 0. The SMILES string of the molecule is CN=C(NCc1ccc(C#N)cc1)N1CCN(C(C)C(F)(F)F)CC1. The van der Waals surface area contributed by atoms with Crippen LogP contribution in [0.3, 0.4) is 0 Å². The second-order valence-electron chi connectivity index (χ2n) is 5.95. The summed E-state index contributed by atoms with van der Waals surface area (Å²) < 4.78 is 38.4. The number of guanidine groups is 1. The second kappa shape index (κ2) is 8.21. The van der Waals surface area contributed by atoms with Gasteiger partial charge in [-0.05, 0) is 24.6 Å². The van der Waals surface area contributed by atoms with Crippen LogP contribution < -0.4 is 5.32 Å². The molecule has 0 bridgehead atoms. The summed E-state index contributed by atoms with van der Waals surface area (Å²) in [4.78, 5) is 7.63. The molecule has 1 aliphatic heterocycles. The maximum absolute atomic E-state index is 12.8. The standard InChI is InChI=1S/C17H22F3N5/c1-13(17(18,19)20)24-7-9-25(10-8-24)16(22-2)23-12-15-5-3-14(11-21)4-6-15/h3-6,13H,7-10,12H2,1-2H3,(H,22,23). The van der Waals surface area contributed by atoms with E-state index in [0.29, 0.717) is 44.2 Å². The van der Waals surface area contributed by atoms with Crippen LogP contribution >= 0.6 is 0 Å². The molecule has 1 aromatic rings. The third kappa shape index (κ3) is 5.10. The number of hydrogen-bond acceptors (Lipinski definition) is 3. The average molecular weight is 353 g/mol. The van der Waals surface area contributed by atoms with E-state index < -0.39 is 12.2 Å². The Balaban J connectivity index is 1.87. The topological polar surface area (TPSA) is 54.7 Å². The van der Waals surface area contributed by atoms with Crippen molar-refractivity contribution in [3.05, 3.63) is 35.4 Å². The summed E-state index contributed by atoms with van der Waals surface area (Å²) in [5.74, 6) is 0.670. The molecular formula is C17H22F3N5. The van der Waals surface area contributed by atoms with Crippen LogP contribution in [-0.2, 0) is 6.54 Å². The lowest BCUT2D eigenvalue weighted by Gasteiger charge is -2.39. The van der Waals surface area contributed by atoms with Gasteiger partial charge >= 0.3 is 6.18 Å². The van der Waals surface area contributed by atoms with Crippen molar-refractivity contribution in [2.45, 2.75) is 25.7 Å². The van der Waals surface area contributed by atoms with Crippen molar-refractivity contribution >= 4 is 5.96 Å². The molecule has 1 aliphatic rings. The Morgan fingerprint density at radius 1 is 1.24 bits per heavy atom. The monoisotopic (exact) mass is 353 g/mol. The molecule has 1 fully saturated rings. The van der Waals surface area contributed by atoms with E-state index in [1.165, 1.54) is 11.8 Å². The minimum atomic E-state index is -4.20. The smallest absolute Gasteiger partial charge is 0.352 e. The zero-order valence-corrected chi connectivity index (χ0v) is 14.3. The van der Waals surface area contributed by atoms with E-state index in [0.717, 1.165) is 5.56 Å². The van der Waals surface area contributed by atoms with Gasteiger partial charge in [0, 0.05) is 39.8 Å². The van der Waals surface area contributed by atoms with Gasteiger partial charge in [0.15, 0.2) is 5.96 Å². The van der Waals surface area contributed by atoms with Crippen LogP contribution in [-0.4, -0.2) is 61.2 Å². The number of hydrogen-bond donors (Lipinski definition) is 1. The van der Waals surface area contributed by atoms with Crippen LogP contribution in [0.4, 0.5) is 13.2 Å². The number of piperazine rings is 1. The molecule has 8 heteroatoms. The molecule has 1 heterocycles. The number of benzene rings is 1. The van der Waals surface area contributed by atoms with Crippen molar-refractivity contribution in [2.75, 3.05) is 33.2 Å². The normalized spacial score (nSPS) is 17.9. The van der Waals surface area contributed by atoms with Crippen LogP contribution in [0.1, 0.15) is 18.1 Å². The second-order valence-corrected chi connectivity index (χ2v) is 5.95. The van der Waals surface area contributed by atoms with Crippen LogP contribution in [0, 0.1) is 11.3 Å². The molecular weight excluding hydrogens is 331 g/mol. The van der Waals surface area contributed by atoms with Gasteiger partial charge in [0.25, 0.3) is 0 Å². The van der Waals surface area contributed by atoms with Crippen molar-refractivity contribution in [2.24, 2.45) is 4.99 Å². The first kappa shape index (κ1) is 19.1. The number of halogens is 3. The molecule has 1 N–H and O–H groups in total. The molecule has 0 radical (unpaired) electrons. The summed E-state index contributed by atoms with van der Waals surface area (Å²) in [7, 11) is 1.66. The highest BCUT2D eigenvalue weighted by molar-refractivity contribution is 5.80.